The van der Waals surface area contributed by atoms with Crippen molar-refractivity contribution in [1.82, 2.24) is 15.0 Å². The number of ketones is 1. The van der Waals surface area contributed by atoms with E-state index in [1.54, 1.807) is 24.3 Å². The predicted molar refractivity (Wildman–Crippen MR) is 184 cm³/mol. The fourth-order valence-electron chi connectivity index (χ4n) is 5.83. The third-order valence-corrected chi connectivity index (χ3v) is 8.47. The first-order valence-corrected chi connectivity index (χ1v) is 16.6. The highest BCUT2D eigenvalue weighted by atomic mass is 17.2. The Hall–Kier alpha value is -4.13. The third kappa shape index (κ3) is 8.66. The minimum atomic E-state index is -2.62. The Labute approximate surface area is 282 Å². The van der Waals surface area contributed by atoms with Gasteiger partial charge in [0.25, 0.3) is 0 Å². The maximum atomic E-state index is 14.3. The van der Waals surface area contributed by atoms with Crippen LogP contribution in [0.15, 0.2) is 84.9 Å². The SMILES string of the molecule is CCCC(=O)C(Cc1ccccc1)(N(N)C(=O)OCCCCc1ccccc1)C(O)(OOCCCc1nc2ccccc2[nH]1)C(C)(C)N. The lowest BCUT2D eigenvalue weighted by molar-refractivity contribution is -0.455. The van der Waals surface area contributed by atoms with Crippen molar-refractivity contribution in [3.8, 4) is 0 Å². The number of amides is 1. The van der Waals surface area contributed by atoms with E-state index in [0.29, 0.717) is 36.3 Å². The minimum Gasteiger partial charge on any atom is -0.448 e. The van der Waals surface area contributed by atoms with Crippen molar-refractivity contribution in [1.29, 1.82) is 0 Å². The maximum absolute atomic E-state index is 14.3. The molecule has 3 aromatic carbocycles. The highest BCUT2D eigenvalue weighted by molar-refractivity contribution is 5.93. The fraction of sp³-hybridized carbons (Fsp3) is 0.432. The number of fused-ring (bicyclic) bond motifs is 1. The van der Waals surface area contributed by atoms with Crippen LogP contribution in [0.4, 0.5) is 4.79 Å². The molecule has 0 aliphatic rings. The lowest BCUT2D eigenvalue weighted by Gasteiger charge is -2.53. The summed E-state index contributed by atoms with van der Waals surface area (Å²) >= 11 is 0. The van der Waals surface area contributed by atoms with Crippen LogP contribution >= 0.6 is 0 Å². The van der Waals surface area contributed by atoms with Gasteiger partial charge in [0.2, 0.25) is 5.79 Å². The summed E-state index contributed by atoms with van der Waals surface area (Å²) in [7, 11) is 0. The molecule has 4 rings (SSSR count). The molecule has 6 N–H and O–H groups in total. The number of para-hydroxylation sites is 2. The van der Waals surface area contributed by atoms with Crippen LogP contribution in [0.1, 0.15) is 69.8 Å². The van der Waals surface area contributed by atoms with E-state index in [4.69, 9.17) is 26.1 Å². The van der Waals surface area contributed by atoms with Gasteiger partial charge in [-0.1, -0.05) is 79.7 Å². The number of nitrogens with one attached hydrogen (secondary N) is 1. The van der Waals surface area contributed by atoms with Gasteiger partial charge in [0.05, 0.1) is 29.8 Å². The Kier molecular flexibility index (Phi) is 12.9. The number of aromatic nitrogens is 2. The van der Waals surface area contributed by atoms with E-state index in [9.17, 15) is 14.7 Å². The van der Waals surface area contributed by atoms with E-state index < -0.39 is 28.7 Å². The number of Topliss-reactive ketones (excluding diaryl/α,β-unsaturated/α-hetero) is 1. The molecule has 0 aliphatic carbocycles. The van der Waals surface area contributed by atoms with Gasteiger partial charge < -0.3 is 20.6 Å². The van der Waals surface area contributed by atoms with Gasteiger partial charge in [0, 0.05) is 19.3 Å². The molecule has 0 saturated carbocycles. The van der Waals surface area contributed by atoms with Crippen LogP contribution in [0.3, 0.4) is 0 Å². The number of nitrogens with zero attached hydrogens (tertiary/aromatic N) is 2. The second-order valence-electron chi connectivity index (χ2n) is 12.7. The zero-order valence-corrected chi connectivity index (χ0v) is 28.2. The molecule has 0 aliphatic heterocycles. The summed E-state index contributed by atoms with van der Waals surface area (Å²) in [5, 5.41) is 13.2. The van der Waals surface area contributed by atoms with Gasteiger partial charge in [-0.3, -0.25) is 4.79 Å². The second kappa shape index (κ2) is 16.8. The number of hydrogen-bond acceptors (Lipinski definition) is 9. The lowest BCUT2D eigenvalue weighted by Crippen LogP contribution is -2.81. The molecule has 48 heavy (non-hydrogen) atoms. The van der Waals surface area contributed by atoms with Crippen LogP contribution in [0, 0.1) is 0 Å². The summed E-state index contributed by atoms with van der Waals surface area (Å²) in [5.74, 6) is 4.18. The number of nitrogens with two attached hydrogens (primary N) is 2. The van der Waals surface area contributed by atoms with Gasteiger partial charge in [-0.2, -0.15) is 4.89 Å². The summed E-state index contributed by atoms with van der Waals surface area (Å²) in [6.45, 7) is 4.89. The lowest BCUT2D eigenvalue weighted by atomic mass is 9.70. The third-order valence-electron chi connectivity index (χ3n) is 8.47. The molecule has 0 spiro atoms. The van der Waals surface area contributed by atoms with Gasteiger partial charge in [-0.25, -0.2) is 25.5 Å². The highest BCUT2D eigenvalue weighted by Crippen LogP contribution is 2.41. The number of ether oxygens (including phenoxy) is 1. The number of H-pyrrole nitrogens is 1. The van der Waals surface area contributed by atoms with E-state index in [-0.39, 0.29) is 26.1 Å². The van der Waals surface area contributed by atoms with Gasteiger partial charge in [-0.15, -0.1) is 0 Å². The predicted octanol–water partition coefficient (Wildman–Crippen LogP) is 5.56. The Morgan fingerprint density at radius 3 is 2.17 bits per heavy atom. The number of imidazole rings is 1. The molecule has 1 amide bonds. The number of rotatable bonds is 19. The summed E-state index contributed by atoms with van der Waals surface area (Å²) in [5.41, 5.74) is 6.29. The van der Waals surface area contributed by atoms with Crippen LogP contribution in [-0.4, -0.2) is 62.0 Å². The van der Waals surface area contributed by atoms with E-state index in [2.05, 4.69) is 9.97 Å². The zero-order valence-electron chi connectivity index (χ0n) is 28.2. The van der Waals surface area contributed by atoms with E-state index in [1.807, 2.05) is 67.6 Å². The standard InChI is InChI=1S/C37H49N5O6/c1-4-16-32(43)36(27-29-20-9-6-10-21-29,42(39)34(44)46-25-14-13-19-28-17-7-5-8-18-28)37(45,35(2,3)38)48-47-26-15-24-33-40-30-22-11-12-23-31(30)41-33/h5-12,17-18,20-23,45H,4,13-16,19,24-27,38-39H2,1-3H3,(H,40,41). The molecule has 4 aromatic rings. The molecular weight excluding hydrogens is 610 g/mol. The first-order valence-electron chi connectivity index (χ1n) is 16.6. The summed E-state index contributed by atoms with van der Waals surface area (Å²) < 4.78 is 5.59. The highest BCUT2D eigenvalue weighted by Gasteiger charge is 2.68. The normalized spacial score (nSPS) is 14.3. The summed E-state index contributed by atoms with van der Waals surface area (Å²) in [6.07, 6.45) is 2.34. The average molecular weight is 660 g/mol. The molecule has 0 radical (unpaired) electrons. The molecule has 0 fully saturated rings. The molecule has 258 valence electrons. The largest absolute Gasteiger partial charge is 0.448 e. The molecule has 0 bridgehead atoms. The van der Waals surface area contributed by atoms with Crippen LogP contribution in [0.25, 0.3) is 11.0 Å². The maximum Gasteiger partial charge on any atom is 0.425 e. The van der Waals surface area contributed by atoms with Gasteiger partial charge in [-0.05, 0) is 69.2 Å². The number of unbranched alkanes of at least 4 members (excludes halogenated alkanes) is 1. The molecule has 1 aromatic heterocycles. The average Bonchev–Trinajstić information content (AvgIpc) is 3.50. The summed E-state index contributed by atoms with van der Waals surface area (Å²) in [4.78, 5) is 47.3. The summed E-state index contributed by atoms with van der Waals surface area (Å²) in [6, 6.07) is 26.7. The topological polar surface area (TPSA) is 166 Å². The Balaban J connectivity index is 1.56. The van der Waals surface area contributed by atoms with Crippen molar-refractivity contribution >= 4 is 22.9 Å². The number of hydrazine groups is 1. The van der Waals surface area contributed by atoms with Gasteiger partial charge >= 0.3 is 6.09 Å². The van der Waals surface area contributed by atoms with Gasteiger partial charge in [0.1, 0.15) is 5.82 Å². The minimum absolute atomic E-state index is 0.0231. The van der Waals surface area contributed by atoms with E-state index in [1.165, 1.54) is 19.4 Å². The molecule has 1 heterocycles. The first-order chi connectivity index (χ1) is 23.0. The quantitative estimate of drug-likeness (QED) is 0.0252. The molecule has 0 saturated heterocycles. The molecular formula is C37H49N5O6. The number of aromatic amines is 1. The van der Waals surface area contributed by atoms with Crippen molar-refractivity contribution in [3.63, 3.8) is 0 Å². The number of aliphatic hydroxyl groups is 1. The number of carbonyl (C=O) groups excluding carboxylic acids is 2. The van der Waals surface area contributed by atoms with E-state index in [0.717, 1.165) is 29.7 Å². The van der Waals surface area contributed by atoms with Crippen molar-refractivity contribution in [2.24, 2.45) is 11.6 Å². The van der Waals surface area contributed by atoms with Crippen molar-refractivity contribution in [3.05, 3.63) is 102 Å². The second-order valence-corrected chi connectivity index (χ2v) is 12.7. The van der Waals surface area contributed by atoms with E-state index >= 15 is 0 Å². The van der Waals surface area contributed by atoms with Crippen molar-refractivity contribution in [2.45, 2.75) is 89.0 Å². The zero-order chi connectivity index (χ0) is 34.6. The van der Waals surface area contributed by atoms with Crippen molar-refractivity contribution < 1.29 is 29.2 Å². The monoisotopic (exact) mass is 659 g/mol. The Morgan fingerprint density at radius 1 is 0.875 bits per heavy atom. The van der Waals surface area contributed by atoms with Crippen LogP contribution < -0.4 is 11.6 Å². The fourth-order valence-corrected chi connectivity index (χ4v) is 5.83. The number of benzene rings is 3. The first kappa shape index (κ1) is 36.7. The Morgan fingerprint density at radius 2 is 1.52 bits per heavy atom. The molecule has 11 nitrogen and oxygen atoms in total. The van der Waals surface area contributed by atoms with Crippen LogP contribution in [0.5, 0.6) is 0 Å². The Bertz CT molecular complexity index is 1560. The van der Waals surface area contributed by atoms with Gasteiger partial charge in [0.15, 0.2) is 11.3 Å². The number of aryl methyl sites for hydroxylation is 2. The van der Waals surface area contributed by atoms with Crippen LogP contribution in [0.2, 0.25) is 0 Å². The molecule has 2 unspecified atom stereocenters. The number of hydrogen-bond donors (Lipinski definition) is 4. The number of carbonyl (C=O) groups is 2. The van der Waals surface area contributed by atoms with Crippen LogP contribution in [-0.2, 0) is 38.6 Å². The molecule has 2 atom stereocenters. The molecule has 11 heteroatoms. The van der Waals surface area contributed by atoms with Crippen molar-refractivity contribution in [2.75, 3.05) is 13.2 Å². The smallest absolute Gasteiger partial charge is 0.425 e.